The van der Waals surface area contributed by atoms with E-state index in [1.807, 2.05) is 0 Å². The molecule has 0 aromatic heterocycles. The van der Waals surface area contributed by atoms with Crippen LogP contribution in [0.4, 0.5) is 0 Å². The molecule has 3 aromatic rings. The van der Waals surface area contributed by atoms with Crippen molar-refractivity contribution in [2.75, 3.05) is 0 Å². The Balaban J connectivity index is 2.30. The molecular weight excluding hydrogens is 342 g/mol. The smallest absolute Gasteiger partial charge is 0.239 e. The van der Waals surface area contributed by atoms with Gasteiger partial charge in [0.05, 0.1) is 14.7 Å². The molecule has 0 atom stereocenters. The number of benzene rings is 3. The highest BCUT2D eigenvalue weighted by Gasteiger charge is 2.22. The van der Waals surface area contributed by atoms with Crippen LogP contribution in [0.15, 0.2) is 109 Å². The Hall–Kier alpha value is -2.44. The fourth-order valence-electron chi connectivity index (χ4n) is 2.21. The standard InChI is InChI=1S/C18H15NO3S2/c20-23(16-10-4-1-5-11-16,17-12-6-2-7-13-17)19-24(21,22)18-14-8-3-9-15-18/h1-15H. The molecule has 0 spiro atoms. The van der Waals surface area contributed by atoms with Crippen LogP contribution in [-0.2, 0) is 19.8 Å². The van der Waals surface area contributed by atoms with Gasteiger partial charge in [0, 0.05) is 0 Å². The number of rotatable bonds is 4. The minimum Gasteiger partial charge on any atom is -0.239 e. The van der Waals surface area contributed by atoms with Crippen molar-refractivity contribution in [3.8, 4) is 0 Å². The Bertz CT molecular complexity index is 994. The lowest BCUT2D eigenvalue weighted by Crippen LogP contribution is -2.07. The molecule has 4 nitrogen and oxygen atoms in total. The van der Waals surface area contributed by atoms with Crippen LogP contribution in [0, 0.1) is 0 Å². The molecule has 0 saturated carbocycles. The van der Waals surface area contributed by atoms with Gasteiger partial charge in [0.25, 0.3) is 10.0 Å². The third-order valence-electron chi connectivity index (χ3n) is 3.37. The minimum absolute atomic E-state index is 0.0181. The first kappa shape index (κ1) is 16.4. The third-order valence-corrected chi connectivity index (χ3v) is 7.68. The highest BCUT2D eigenvalue weighted by molar-refractivity contribution is 8.03. The van der Waals surface area contributed by atoms with E-state index in [4.69, 9.17) is 0 Å². The average Bonchev–Trinajstić information content (AvgIpc) is 2.63. The van der Waals surface area contributed by atoms with Crippen LogP contribution in [0.5, 0.6) is 0 Å². The number of hydrogen-bond donors (Lipinski definition) is 0. The monoisotopic (exact) mass is 357 g/mol. The first-order valence-electron chi connectivity index (χ1n) is 7.21. The lowest BCUT2D eigenvalue weighted by Gasteiger charge is -2.11. The van der Waals surface area contributed by atoms with Crippen LogP contribution in [0.25, 0.3) is 0 Å². The van der Waals surface area contributed by atoms with Crippen molar-refractivity contribution < 1.29 is 12.6 Å². The van der Waals surface area contributed by atoms with Crippen LogP contribution in [-0.4, -0.2) is 12.6 Å². The SMILES string of the molecule is O=S(=O)(N=S(=O)(c1ccccc1)c1ccccc1)c1ccccc1. The lowest BCUT2D eigenvalue weighted by molar-refractivity contribution is 0.598. The van der Waals surface area contributed by atoms with Gasteiger partial charge in [0.2, 0.25) is 0 Å². The fraction of sp³-hybridized carbons (Fsp3) is 0. The summed E-state index contributed by atoms with van der Waals surface area (Å²) < 4.78 is 42.8. The van der Waals surface area contributed by atoms with Gasteiger partial charge in [-0.15, -0.1) is 0 Å². The molecule has 0 unspecified atom stereocenters. The Morgan fingerprint density at radius 3 is 1.21 bits per heavy atom. The van der Waals surface area contributed by atoms with Gasteiger partial charge in [0.1, 0.15) is 9.73 Å². The van der Waals surface area contributed by atoms with Gasteiger partial charge >= 0.3 is 0 Å². The maximum atomic E-state index is 13.6. The molecule has 0 bridgehead atoms. The second-order valence-electron chi connectivity index (χ2n) is 5.01. The zero-order chi connectivity index (χ0) is 17.0. The van der Waals surface area contributed by atoms with E-state index in [1.165, 1.54) is 12.1 Å². The van der Waals surface area contributed by atoms with Crippen molar-refractivity contribution in [3.63, 3.8) is 0 Å². The Labute approximate surface area is 142 Å². The molecule has 24 heavy (non-hydrogen) atoms. The van der Waals surface area contributed by atoms with E-state index in [0.29, 0.717) is 9.79 Å². The van der Waals surface area contributed by atoms with Crippen molar-refractivity contribution >= 4 is 19.8 Å². The molecule has 0 heterocycles. The van der Waals surface area contributed by atoms with E-state index >= 15 is 0 Å². The van der Waals surface area contributed by atoms with Gasteiger partial charge in [-0.25, -0.2) is 4.21 Å². The summed E-state index contributed by atoms with van der Waals surface area (Å²) in [4.78, 5) is 0.732. The van der Waals surface area contributed by atoms with Gasteiger partial charge in [-0.05, 0) is 36.4 Å². The molecule has 0 fully saturated rings. The largest absolute Gasteiger partial charge is 0.290 e. The fourth-order valence-corrected chi connectivity index (χ4v) is 6.17. The topological polar surface area (TPSA) is 63.6 Å². The molecule has 0 aliphatic carbocycles. The van der Waals surface area contributed by atoms with Gasteiger partial charge in [0.15, 0.2) is 0 Å². The molecule has 3 rings (SSSR count). The summed E-state index contributed by atoms with van der Waals surface area (Å²) in [6.45, 7) is 0. The molecule has 0 saturated heterocycles. The van der Waals surface area contributed by atoms with E-state index in [2.05, 4.69) is 3.77 Å². The van der Waals surface area contributed by atoms with Crippen LogP contribution in [0.2, 0.25) is 0 Å². The highest BCUT2D eigenvalue weighted by Crippen LogP contribution is 2.26. The van der Waals surface area contributed by atoms with Gasteiger partial charge in [-0.3, -0.25) is 0 Å². The molecule has 6 heteroatoms. The molecule has 0 amide bonds. The van der Waals surface area contributed by atoms with E-state index in [1.54, 1.807) is 78.9 Å². The summed E-state index contributed by atoms with van der Waals surface area (Å²) in [7, 11) is -7.38. The second-order valence-corrected chi connectivity index (χ2v) is 9.03. The summed E-state index contributed by atoms with van der Waals surface area (Å²) in [5.74, 6) is 0. The average molecular weight is 357 g/mol. The Morgan fingerprint density at radius 2 is 0.833 bits per heavy atom. The molecule has 0 aliphatic heterocycles. The van der Waals surface area contributed by atoms with Crippen LogP contribution >= 0.6 is 0 Å². The van der Waals surface area contributed by atoms with Gasteiger partial charge in [-0.2, -0.15) is 8.42 Å². The van der Waals surface area contributed by atoms with Crippen molar-refractivity contribution in [2.24, 2.45) is 3.77 Å². The maximum absolute atomic E-state index is 13.6. The molecule has 122 valence electrons. The summed E-state index contributed by atoms with van der Waals surface area (Å²) >= 11 is 0. The van der Waals surface area contributed by atoms with E-state index < -0.39 is 19.8 Å². The predicted octanol–water partition coefficient (Wildman–Crippen LogP) is 3.96. The highest BCUT2D eigenvalue weighted by atomic mass is 32.3. The molecule has 0 aliphatic rings. The minimum atomic E-state index is -4.06. The zero-order valence-corrected chi connectivity index (χ0v) is 14.3. The maximum Gasteiger partial charge on any atom is 0.290 e. The molecule has 0 radical (unpaired) electrons. The first-order valence-corrected chi connectivity index (χ1v) is 10.2. The number of sulfonamides is 1. The summed E-state index contributed by atoms with van der Waals surface area (Å²) in [6.07, 6.45) is 0. The first-order chi connectivity index (χ1) is 11.5. The van der Waals surface area contributed by atoms with Crippen LogP contribution in [0.1, 0.15) is 0 Å². The quantitative estimate of drug-likeness (QED) is 0.710. The van der Waals surface area contributed by atoms with E-state index in [0.717, 1.165) is 0 Å². The normalized spacial score (nSPS) is 11.8. The molecular formula is C18H15NO3S2. The lowest BCUT2D eigenvalue weighted by atomic mass is 10.4. The van der Waals surface area contributed by atoms with Crippen molar-refractivity contribution in [1.29, 1.82) is 0 Å². The molecule has 0 N–H and O–H groups in total. The third kappa shape index (κ3) is 3.25. The van der Waals surface area contributed by atoms with E-state index in [9.17, 15) is 12.6 Å². The van der Waals surface area contributed by atoms with Gasteiger partial charge in [-0.1, -0.05) is 58.4 Å². The Morgan fingerprint density at radius 1 is 0.500 bits per heavy atom. The van der Waals surface area contributed by atoms with Gasteiger partial charge < -0.3 is 0 Å². The number of hydrogen-bond acceptors (Lipinski definition) is 3. The van der Waals surface area contributed by atoms with Crippen LogP contribution < -0.4 is 0 Å². The summed E-state index contributed by atoms with van der Waals surface area (Å²) in [5.41, 5.74) is 0. The molecule has 3 aromatic carbocycles. The Kier molecular flexibility index (Phi) is 4.51. The van der Waals surface area contributed by atoms with Crippen molar-refractivity contribution in [3.05, 3.63) is 91.0 Å². The van der Waals surface area contributed by atoms with Crippen molar-refractivity contribution in [1.82, 2.24) is 0 Å². The predicted molar refractivity (Wildman–Crippen MR) is 93.6 cm³/mol. The summed E-state index contributed by atoms with van der Waals surface area (Å²) in [6, 6.07) is 24.7. The second kappa shape index (κ2) is 6.59. The number of nitrogens with zero attached hydrogens (tertiary/aromatic N) is 1. The summed E-state index contributed by atoms with van der Waals surface area (Å²) in [5, 5.41) is 0. The zero-order valence-electron chi connectivity index (χ0n) is 12.6. The van der Waals surface area contributed by atoms with Crippen LogP contribution in [0.3, 0.4) is 0 Å². The van der Waals surface area contributed by atoms with E-state index in [-0.39, 0.29) is 4.90 Å². The van der Waals surface area contributed by atoms with Crippen molar-refractivity contribution in [2.45, 2.75) is 14.7 Å².